The van der Waals surface area contributed by atoms with E-state index in [1.165, 1.54) is 6.07 Å². The van der Waals surface area contributed by atoms with E-state index in [1.807, 2.05) is 30.0 Å². The Morgan fingerprint density at radius 1 is 1.27 bits per heavy atom. The van der Waals surface area contributed by atoms with Crippen molar-refractivity contribution >= 4 is 22.8 Å². The van der Waals surface area contributed by atoms with Gasteiger partial charge in [-0.05, 0) is 44.5 Å². The van der Waals surface area contributed by atoms with Crippen molar-refractivity contribution in [1.82, 2.24) is 25.2 Å². The number of hydrogen-bond acceptors (Lipinski definition) is 4. The van der Waals surface area contributed by atoms with Gasteiger partial charge in [0, 0.05) is 38.4 Å². The Balaban J connectivity index is 1.38. The average molecular weight is 410 g/mol. The Bertz CT molecular complexity index is 1030. The first-order chi connectivity index (χ1) is 14.7. The van der Waals surface area contributed by atoms with Gasteiger partial charge in [0.25, 0.3) is 0 Å². The molecule has 0 spiro atoms. The summed E-state index contributed by atoms with van der Waals surface area (Å²) in [6, 6.07) is 11.4. The maximum atomic E-state index is 14.0. The maximum Gasteiger partial charge on any atom is 0.191 e. The molecule has 158 valence electrons. The van der Waals surface area contributed by atoms with Crippen molar-refractivity contribution in [3.63, 3.8) is 0 Å². The van der Waals surface area contributed by atoms with Crippen LogP contribution in [0, 0.1) is 12.7 Å². The molecule has 0 bridgehead atoms. The molecule has 7 nitrogen and oxygen atoms in total. The Labute approximate surface area is 176 Å². The third-order valence-corrected chi connectivity index (χ3v) is 5.35. The van der Waals surface area contributed by atoms with Crippen molar-refractivity contribution in [2.45, 2.75) is 32.9 Å². The van der Waals surface area contributed by atoms with Gasteiger partial charge in [-0.1, -0.05) is 12.1 Å². The molecule has 1 aliphatic heterocycles. The highest BCUT2D eigenvalue weighted by atomic mass is 19.1. The lowest BCUT2D eigenvalue weighted by molar-refractivity contribution is 0.612. The molecule has 8 heteroatoms. The average Bonchev–Trinajstić information content (AvgIpc) is 3.33. The number of benzene rings is 1. The number of pyridine rings is 1. The quantitative estimate of drug-likeness (QED) is 0.484. The monoisotopic (exact) mass is 409 g/mol. The van der Waals surface area contributed by atoms with Gasteiger partial charge < -0.3 is 20.1 Å². The Hall–Kier alpha value is -3.16. The minimum atomic E-state index is -0.276. The smallest absolute Gasteiger partial charge is 0.191 e. The van der Waals surface area contributed by atoms with Gasteiger partial charge in [0.2, 0.25) is 0 Å². The van der Waals surface area contributed by atoms with E-state index in [0.29, 0.717) is 18.9 Å². The molecular formula is C22H28FN7. The van der Waals surface area contributed by atoms with Crippen molar-refractivity contribution in [2.24, 2.45) is 4.99 Å². The number of nitrogens with zero attached hydrogens (tertiary/aromatic N) is 5. The Morgan fingerprint density at radius 2 is 2.13 bits per heavy atom. The maximum absolute atomic E-state index is 14.0. The number of guanidine groups is 1. The predicted octanol–water partition coefficient (Wildman–Crippen LogP) is 2.71. The highest BCUT2D eigenvalue weighted by Gasteiger charge is 2.25. The number of fused-ring (bicyclic) bond motifs is 1. The second-order valence-electron chi connectivity index (χ2n) is 7.44. The van der Waals surface area contributed by atoms with E-state index in [0.717, 1.165) is 48.9 Å². The molecule has 0 radical (unpaired) electrons. The molecule has 0 amide bonds. The molecule has 1 unspecified atom stereocenters. The first-order valence-electron chi connectivity index (χ1n) is 10.5. The highest BCUT2D eigenvalue weighted by Crippen LogP contribution is 2.20. The molecule has 4 rings (SSSR count). The van der Waals surface area contributed by atoms with Crippen LogP contribution in [0.3, 0.4) is 0 Å². The van der Waals surface area contributed by atoms with Gasteiger partial charge in [0.15, 0.2) is 17.6 Å². The fraction of sp³-hybridized carbons (Fsp3) is 0.409. The molecule has 2 aromatic heterocycles. The molecule has 30 heavy (non-hydrogen) atoms. The van der Waals surface area contributed by atoms with Crippen LogP contribution in [0.5, 0.6) is 0 Å². The summed E-state index contributed by atoms with van der Waals surface area (Å²) in [6.07, 6.45) is 2.54. The molecule has 0 saturated carbocycles. The first kappa shape index (κ1) is 20.1. The number of imidazole rings is 1. The third-order valence-electron chi connectivity index (χ3n) is 5.35. The summed E-state index contributed by atoms with van der Waals surface area (Å²) in [6.45, 7) is 7.73. The number of aromatic nitrogens is 3. The van der Waals surface area contributed by atoms with Crippen LogP contribution in [0.4, 0.5) is 10.2 Å². The van der Waals surface area contributed by atoms with E-state index in [2.05, 4.69) is 38.2 Å². The molecule has 0 aliphatic carbocycles. The van der Waals surface area contributed by atoms with Crippen LogP contribution in [0.1, 0.15) is 19.2 Å². The summed E-state index contributed by atoms with van der Waals surface area (Å²) < 4.78 is 16.2. The zero-order valence-electron chi connectivity index (χ0n) is 17.5. The van der Waals surface area contributed by atoms with Gasteiger partial charge in [-0.15, -0.1) is 0 Å². The summed E-state index contributed by atoms with van der Waals surface area (Å²) in [5, 5.41) is 6.80. The lowest BCUT2D eigenvalue weighted by Crippen LogP contribution is -2.44. The van der Waals surface area contributed by atoms with E-state index in [1.54, 1.807) is 12.3 Å². The van der Waals surface area contributed by atoms with E-state index in [4.69, 9.17) is 4.99 Å². The molecule has 1 atom stereocenters. The SMILES string of the molecule is CCNC(=NCCn1c(C)nc2ccccc21)NC1CCN(c2ncccc2F)C1. The molecule has 1 aliphatic rings. The number of aliphatic imine (C=N–C) groups is 1. The van der Waals surface area contributed by atoms with Gasteiger partial charge in [0.1, 0.15) is 5.82 Å². The van der Waals surface area contributed by atoms with Crippen molar-refractivity contribution in [3.8, 4) is 0 Å². The number of aryl methyl sites for hydroxylation is 1. The Morgan fingerprint density at radius 3 is 2.97 bits per heavy atom. The second-order valence-corrected chi connectivity index (χ2v) is 7.44. The van der Waals surface area contributed by atoms with E-state index >= 15 is 0 Å². The van der Waals surface area contributed by atoms with E-state index in [9.17, 15) is 4.39 Å². The summed E-state index contributed by atoms with van der Waals surface area (Å²) in [7, 11) is 0. The fourth-order valence-corrected chi connectivity index (χ4v) is 3.93. The largest absolute Gasteiger partial charge is 0.357 e. The normalized spacial score (nSPS) is 17.0. The minimum absolute atomic E-state index is 0.194. The van der Waals surface area contributed by atoms with Crippen LogP contribution in [-0.4, -0.2) is 52.7 Å². The highest BCUT2D eigenvalue weighted by molar-refractivity contribution is 5.80. The van der Waals surface area contributed by atoms with Crippen molar-refractivity contribution in [1.29, 1.82) is 0 Å². The Kier molecular flexibility index (Phi) is 6.11. The summed E-state index contributed by atoms with van der Waals surface area (Å²) in [4.78, 5) is 15.5. The van der Waals surface area contributed by atoms with E-state index in [-0.39, 0.29) is 11.9 Å². The van der Waals surface area contributed by atoms with E-state index < -0.39 is 0 Å². The summed E-state index contributed by atoms with van der Waals surface area (Å²) >= 11 is 0. The zero-order chi connectivity index (χ0) is 20.9. The first-order valence-corrected chi connectivity index (χ1v) is 10.5. The molecular weight excluding hydrogens is 381 g/mol. The van der Waals surface area contributed by atoms with Gasteiger partial charge >= 0.3 is 0 Å². The lowest BCUT2D eigenvalue weighted by Gasteiger charge is -2.20. The topological polar surface area (TPSA) is 70.4 Å². The number of halogens is 1. The number of anilines is 1. The molecule has 1 saturated heterocycles. The van der Waals surface area contributed by atoms with Crippen LogP contribution in [-0.2, 0) is 6.54 Å². The standard InChI is InChI=1S/C22H28FN7/c1-3-24-22(26-12-14-30-16(2)27-19-8-4-5-9-20(19)30)28-17-10-13-29(15-17)21-18(23)7-6-11-25-21/h4-9,11,17H,3,10,12-15H2,1-2H3,(H2,24,26,28). The number of nitrogens with one attached hydrogen (secondary N) is 2. The van der Waals surface area contributed by atoms with Crippen molar-refractivity contribution in [3.05, 3.63) is 54.2 Å². The summed E-state index contributed by atoms with van der Waals surface area (Å²) in [5.41, 5.74) is 2.14. The van der Waals surface area contributed by atoms with Crippen LogP contribution in [0.25, 0.3) is 11.0 Å². The molecule has 3 aromatic rings. The van der Waals surface area contributed by atoms with Crippen LogP contribution in [0.15, 0.2) is 47.6 Å². The predicted molar refractivity (Wildman–Crippen MR) is 118 cm³/mol. The van der Waals surface area contributed by atoms with Crippen LogP contribution >= 0.6 is 0 Å². The van der Waals surface area contributed by atoms with Gasteiger partial charge in [0.05, 0.1) is 17.6 Å². The third kappa shape index (κ3) is 4.37. The number of hydrogen-bond donors (Lipinski definition) is 2. The second kappa shape index (κ2) is 9.11. The van der Waals surface area contributed by atoms with Crippen LogP contribution in [0.2, 0.25) is 0 Å². The molecule has 3 heterocycles. The molecule has 1 aromatic carbocycles. The van der Waals surface area contributed by atoms with Crippen molar-refractivity contribution in [2.75, 3.05) is 31.1 Å². The van der Waals surface area contributed by atoms with Crippen LogP contribution < -0.4 is 15.5 Å². The number of rotatable bonds is 6. The summed E-state index contributed by atoms with van der Waals surface area (Å²) in [5.74, 6) is 1.92. The van der Waals surface area contributed by atoms with Gasteiger partial charge in [-0.3, -0.25) is 4.99 Å². The molecule has 1 fully saturated rings. The fourth-order valence-electron chi connectivity index (χ4n) is 3.93. The minimum Gasteiger partial charge on any atom is -0.357 e. The lowest BCUT2D eigenvalue weighted by atomic mass is 10.3. The zero-order valence-corrected chi connectivity index (χ0v) is 17.5. The molecule has 2 N–H and O–H groups in total. The van der Waals surface area contributed by atoms with Gasteiger partial charge in [-0.25, -0.2) is 14.4 Å². The van der Waals surface area contributed by atoms with Crippen molar-refractivity contribution < 1.29 is 4.39 Å². The number of para-hydroxylation sites is 2. The van der Waals surface area contributed by atoms with Gasteiger partial charge in [-0.2, -0.15) is 0 Å².